The Bertz CT molecular complexity index is 206. The molecular formula is C10H17NO. The Balaban J connectivity index is 2.75. The molecule has 0 fully saturated rings. The Labute approximate surface area is 74.0 Å². The van der Waals surface area contributed by atoms with Crippen molar-refractivity contribution in [1.82, 2.24) is 5.32 Å². The summed E-state index contributed by atoms with van der Waals surface area (Å²) in [4.78, 5) is 11.2. The zero-order valence-electron chi connectivity index (χ0n) is 7.94. The second kappa shape index (κ2) is 4.29. The van der Waals surface area contributed by atoms with Gasteiger partial charge in [-0.3, -0.25) is 4.79 Å². The van der Waals surface area contributed by atoms with E-state index in [9.17, 15) is 4.79 Å². The van der Waals surface area contributed by atoms with Gasteiger partial charge in [-0.15, -0.1) is 0 Å². The number of carbonyl (C=O) groups is 1. The minimum absolute atomic E-state index is 0.241. The second-order valence-electron chi connectivity index (χ2n) is 3.29. The van der Waals surface area contributed by atoms with Gasteiger partial charge in [0.05, 0.1) is 0 Å². The Morgan fingerprint density at radius 1 is 1.58 bits per heavy atom. The van der Waals surface area contributed by atoms with E-state index in [0.717, 1.165) is 37.8 Å². The number of Topliss-reactive ketones (excluding diaryl/α,β-unsaturated/α-hetero) is 1. The van der Waals surface area contributed by atoms with E-state index in [-0.39, 0.29) is 5.78 Å². The van der Waals surface area contributed by atoms with Crippen LogP contribution in [0.5, 0.6) is 0 Å². The van der Waals surface area contributed by atoms with Gasteiger partial charge in [0.1, 0.15) is 0 Å². The van der Waals surface area contributed by atoms with E-state index < -0.39 is 0 Å². The van der Waals surface area contributed by atoms with Crippen LogP contribution in [0.2, 0.25) is 0 Å². The van der Waals surface area contributed by atoms with Crippen molar-refractivity contribution in [2.45, 2.75) is 39.5 Å². The molecule has 68 valence electrons. The summed E-state index contributed by atoms with van der Waals surface area (Å²) in [6.07, 6.45) is 4.20. The van der Waals surface area contributed by atoms with Crippen molar-refractivity contribution in [2.75, 3.05) is 6.54 Å². The molecule has 0 aromatic heterocycles. The molecule has 0 bridgehead atoms. The molecule has 0 atom stereocenters. The smallest absolute Gasteiger partial charge is 0.157 e. The molecule has 1 aliphatic heterocycles. The van der Waals surface area contributed by atoms with Gasteiger partial charge in [0.15, 0.2) is 5.78 Å². The van der Waals surface area contributed by atoms with E-state index >= 15 is 0 Å². The van der Waals surface area contributed by atoms with Crippen molar-refractivity contribution in [3.63, 3.8) is 0 Å². The minimum Gasteiger partial charge on any atom is -0.388 e. The molecule has 0 amide bonds. The third-order valence-electron chi connectivity index (χ3n) is 2.23. The SMILES string of the molecule is CCCC1=C(C(C)=O)CCCN1. The zero-order valence-corrected chi connectivity index (χ0v) is 7.94. The van der Waals surface area contributed by atoms with Gasteiger partial charge in [0.25, 0.3) is 0 Å². The highest BCUT2D eigenvalue weighted by atomic mass is 16.1. The normalized spacial score (nSPS) is 17.5. The van der Waals surface area contributed by atoms with Gasteiger partial charge in [-0.2, -0.15) is 0 Å². The number of allylic oxidation sites excluding steroid dienone is 2. The lowest BCUT2D eigenvalue weighted by Gasteiger charge is -2.20. The molecule has 0 radical (unpaired) electrons. The predicted molar refractivity (Wildman–Crippen MR) is 49.9 cm³/mol. The maximum atomic E-state index is 11.2. The standard InChI is InChI=1S/C10H17NO/c1-3-5-10-9(8(2)12)6-4-7-11-10/h11H,3-7H2,1-2H3. The topological polar surface area (TPSA) is 29.1 Å². The Morgan fingerprint density at radius 2 is 2.33 bits per heavy atom. The van der Waals surface area contributed by atoms with Crippen LogP contribution in [0.15, 0.2) is 11.3 Å². The molecule has 2 heteroatoms. The summed E-state index contributed by atoms with van der Waals surface area (Å²) < 4.78 is 0. The average Bonchev–Trinajstić information content (AvgIpc) is 2.05. The largest absolute Gasteiger partial charge is 0.388 e. The van der Waals surface area contributed by atoms with E-state index in [1.165, 1.54) is 5.70 Å². The fourth-order valence-electron chi connectivity index (χ4n) is 1.64. The first kappa shape index (κ1) is 9.30. The maximum Gasteiger partial charge on any atom is 0.157 e. The fourth-order valence-corrected chi connectivity index (χ4v) is 1.64. The summed E-state index contributed by atoms with van der Waals surface area (Å²) in [5.41, 5.74) is 2.22. The Hall–Kier alpha value is -0.790. The monoisotopic (exact) mass is 167 g/mol. The third kappa shape index (κ3) is 2.10. The van der Waals surface area contributed by atoms with Gasteiger partial charge in [-0.25, -0.2) is 0 Å². The maximum absolute atomic E-state index is 11.2. The molecule has 1 N–H and O–H groups in total. The molecule has 0 saturated carbocycles. The molecule has 1 rings (SSSR count). The highest BCUT2D eigenvalue weighted by Gasteiger charge is 2.14. The Kier molecular flexibility index (Phi) is 3.32. The van der Waals surface area contributed by atoms with Crippen molar-refractivity contribution >= 4 is 5.78 Å². The van der Waals surface area contributed by atoms with Gasteiger partial charge in [-0.05, 0) is 26.2 Å². The third-order valence-corrected chi connectivity index (χ3v) is 2.23. The first-order valence-corrected chi connectivity index (χ1v) is 4.72. The number of carbonyl (C=O) groups excluding carboxylic acids is 1. The summed E-state index contributed by atoms with van der Waals surface area (Å²) in [7, 11) is 0. The van der Waals surface area contributed by atoms with Crippen LogP contribution in [0, 0.1) is 0 Å². The quantitative estimate of drug-likeness (QED) is 0.696. The lowest BCUT2D eigenvalue weighted by molar-refractivity contribution is -0.113. The molecular weight excluding hydrogens is 150 g/mol. The molecule has 0 saturated heterocycles. The van der Waals surface area contributed by atoms with Gasteiger partial charge in [0.2, 0.25) is 0 Å². The van der Waals surface area contributed by atoms with E-state index in [1.54, 1.807) is 6.92 Å². The number of hydrogen-bond acceptors (Lipinski definition) is 2. The molecule has 1 heterocycles. The lowest BCUT2D eigenvalue weighted by Crippen LogP contribution is -2.24. The molecule has 0 aromatic carbocycles. The van der Waals surface area contributed by atoms with Gasteiger partial charge in [-0.1, -0.05) is 13.3 Å². The average molecular weight is 167 g/mol. The van der Waals surface area contributed by atoms with Crippen LogP contribution in [0.25, 0.3) is 0 Å². The fraction of sp³-hybridized carbons (Fsp3) is 0.700. The van der Waals surface area contributed by atoms with Crippen molar-refractivity contribution in [2.24, 2.45) is 0 Å². The molecule has 0 aromatic rings. The molecule has 0 unspecified atom stereocenters. The van der Waals surface area contributed by atoms with Crippen molar-refractivity contribution < 1.29 is 4.79 Å². The molecule has 12 heavy (non-hydrogen) atoms. The van der Waals surface area contributed by atoms with Gasteiger partial charge in [0, 0.05) is 17.8 Å². The number of hydrogen-bond donors (Lipinski definition) is 1. The van der Waals surface area contributed by atoms with Crippen LogP contribution < -0.4 is 5.32 Å². The van der Waals surface area contributed by atoms with Crippen LogP contribution >= 0.6 is 0 Å². The summed E-state index contributed by atoms with van der Waals surface area (Å²) in [5, 5.41) is 3.31. The summed E-state index contributed by atoms with van der Waals surface area (Å²) >= 11 is 0. The first-order chi connectivity index (χ1) is 5.75. The van der Waals surface area contributed by atoms with E-state index in [0.29, 0.717) is 0 Å². The van der Waals surface area contributed by atoms with E-state index in [4.69, 9.17) is 0 Å². The van der Waals surface area contributed by atoms with E-state index in [1.807, 2.05) is 0 Å². The van der Waals surface area contributed by atoms with Crippen molar-refractivity contribution in [3.8, 4) is 0 Å². The van der Waals surface area contributed by atoms with Crippen molar-refractivity contribution in [3.05, 3.63) is 11.3 Å². The van der Waals surface area contributed by atoms with Crippen LogP contribution in [0.1, 0.15) is 39.5 Å². The number of rotatable bonds is 3. The van der Waals surface area contributed by atoms with Crippen molar-refractivity contribution in [1.29, 1.82) is 0 Å². The first-order valence-electron chi connectivity index (χ1n) is 4.72. The summed E-state index contributed by atoms with van der Waals surface area (Å²) in [6.45, 7) is 4.84. The minimum atomic E-state index is 0.241. The highest BCUT2D eigenvalue weighted by Crippen LogP contribution is 2.18. The summed E-state index contributed by atoms with van der Waals surface area (Å²) in [6, 6.07) is 0. The van der Waals surface area contributed by atoms with E-state index in [2.05, 4.69) is 12.2 Å². The molecule has 2 nitrogen and oxygen atoms in total. The Morgan fingerprint density at radius 3 is 2.92 bits per heavy atom. The van der Waals surface area contributed by atoms with Crippen LogP contribution in [-0.4, -0.2) is 12.3 Å². The molecule has 0 spiro atoms. The zero-order chi connectivity index (χ0) is 8.97. The van der Waals surface area contributed by atoms with Crippen LogP contribution in [-0.2, 0) is 4.79 Å². The highest BCUT2D eigenvalue weighted by molar-refractivity contribution is 5.94. The van der Waals surface area contributed by atoms with Crippen LogP contribution in [0.4, 0.5) is 0 Å². The molecule has 1 aliphatic rings. The predicted octanol–water partition coefficient (Wildman–Crippen LogP) is 2.01. The number of nitrogens with one attached hydrogen (secondary N) is 1. The summed E-state index contributed by atoms with van der Waals surface area (Å²) in [5.74, 6) is 0.241. The lowest BCUT2D eigenvalue weighted by atomic mass is 9.98. The number of ketones is 1. The second-order valence-corrected chi connectivity index (χ2v) is 3.29. The van der Waals surface area contributed by atoms with Gasteiger partial charge < -0.3 is 5.32 Å². The van der Waals surface area contributed by atoms with Gasteiger partial charge >= 0.3 is 0 Å². The van der Waals surface area contributed by atoms with Crippen LogP contribution in [0.3, 0.4) is 0 Å². The molecule has 0 aliphatic carbocycles.